The van der Waals surface area contributed by atoms with Gasteiger partial charge in [0.2, 0.25) is 5.91 Å². The number of aliphatic hydroxyl groups is 1. The van der Waals surface area contributed by atoms with Crippen molar-refractivity contribution in [2.24, 2.45) is 11.7 Å². The summed E-state index contributed by atoms with van der Waals surface area (Å²) in [6, 6.07) is -0.186. The van der Waals surface area contributed by atoms with Gasteiger partial charge in [0, 0.05) is 19.0 Å². The van der Waals surface area contributed by atoms with Crippen LogP contribution in [0.1, 0.15) is 19.3 Å². The van der Waals surface area contributed by atoms with E-state index in [2.05, 4.69) is 5.32 Å². The molecule has 0 bridgehead atoms. The van der Waals surface area contributed by atoms with Crippen LogP contribution in [0.4, 0.5) is 8.78 Å². The number of nitrogens with one attached hydrogen (secondary N) is 1. The molecule has 1 rings (SSSR count). The molecule has 0 aromatic carbocycles. The number of nitrogens with two attached hydrogens (primary N) is 1. The molecule has 2 unspecified atom stereocenters. The highest BCUT2D eigenvalue weighted by molar-refractivity contribution is 5.76. The largest absolute Gasteiger partial charge is 0.385 e. The summed E-state index contributed by atoms with van der Waals surface area (Å²) in [4.78, 5) is 11.2. The predicted molar refractivity (Wildman–Crippen MR) is 50.3 cm³/mol. The topological polar surface area (TPSA) is 75.4 Å². The van der Waals surface area contributed by atoms with Crippen LogP contribution >= 0.6 is 0 Å². The zero-order chi connectivity index (χ0) is 11.4. The molecule has 0 aromatic rings. The van der Waals surface area contributed by atoms with Gasteiger partial charge in [-0.2, -0.15) is 0 Å². The molecule has 0 saturated heterocycles. The van der Waals surface area contributed by atoms with E-state index in [0.717, 1.165) is 12.8 Å². The van der Waals surface area contributed by atoms with Gasteiger partial charge in [-0.15, -0.1) is 0 Å². The number of hydrogen-bond acceptors (Lipinski definition) is 3. The van der Waals surface area contributed by atoms with Gasteiger partial charge in [-0.3, -0.25) is 4.79 Å². The number of carbonyl (C=O) groups excluding carboxylic acids is 1. The quantitative estimate of drug-likeness (QED) is 0.585. The van der Waals surface area contributed by atoms with Crippen molar-refractivity contribution in [3.63, 3.8) is 0 Å². The molecule has 6 heteroatoms. The van der Waals surface area contributed by atoms with Crippen LogP contribution in [0.5, 0.6) is 0 Å². The number of rotatable bonds is 6. The van der Waals surface area contributed by atoms with E-state index in [-0.39, 0.29) is 18.4 Å². The normalized spacial score (nSPS) is 20.1. The van der Waals surface area contributed by atoms with Gasteiger partial charge in [-0.1, -0.05) is 0 Å². The summed E-state index contributed by atoms with van der Waals surface area (Å²) >= 11 is 0. The first-order valence-corrected chi connectivity index (χ1v) is 4.99. The van der Waals surface area contributed by atoms with Crippen molar-refractivity contribution < 1.29 is 18.7 Å². The molecule has 2 atom stereocenters. The number of amides is 1. The molecule has 15 heavy (non-hydrogen) atoms. The Morgan fingerprint density at radius 2 is 2.13 bits per heavy atom. The van der Waals surface area contributed by atoms with Gasteiger partial charge in [-0.05, 0) is 18.8 Å². The van der Waals surface area contributed by atoms with Gasteiger partial charge in [0.05, 0.1) is 0 Å². The maximum absolute atomic E-state index is 11.9. The van der Waals surface area contributed by atoms with Gasteiger partial charge < -0.3 is 16.2 Å². The molecule has 1 saturated carbocycles. The molecule has 4 N–H and O–H groups in total. The van der Waals surface area contributed by atoms with Gasteiger partial charge in [0.15, 0.2) is 0 Å². The Hall–Kier alpha value is -0.750. The monoisotopic (exact) mass is 222 g/mol. The van der Waals surface area contributed by atoms with Crippen molar-refractivity contribution in [1.82, 2.24) is 5.32 Å². The fourth-order valence-corrected chi connectivity index (χ4v) is 1.28. The summed E-state index contributed by atoms with van der Waals surface area (Å²) in [7, 11) is 0. The summed E-state index contributed by atoms with van der Waals surface area (Å²) < 4.78 is 23.7. The lowest BCUT2D eigenvalue weighted by Crippen LogP contribution is -2.39. The molecule has 1 aliphatic rings. The Labute approximate surface area is 86.8 Å². The molecule has 0 spiro atoms. The first-order chi connectivity index (χ1) is 7.00. The van der Waals surface area contributed by atoms with E-state index in [1.807, 2.05) is 0 Å². The SMILES string of the molecule is NC(CC(=O)NCC(O)C(F)F)C1CC1. The summed E-state index contributed by atoms with van der Waals surface area (Å²) in [5, 5.41) is 11.0. The average molecular weight is 222 g/mol. The number of alkyl halides is 2. The van der Waals surface area contributed by atoms with Crippen molar-refractivity contribution in [3.8, 4) is 0 Å². The standard InChI is InChI=1S/C9H16F2N2O2/c10-9(11)7(14)4-13-8(15)3-6(12)5-1-2-5/h5-7,9,14H,1-4,12H2,(H,13,15). The molecular weight excluding hydrogens is 206 g/mol. The maximum Gasteiger partial charge on any atom is 0.265 e. The van der Waals surface area contributed by atoms with E-state index >= 15 is 0 Å². The summed E-state index contributed by atoms with van der Waals surface area (Å²) in [6.45, 7) is -0.423. The number of halogens is 2. The minimum Gasteiger partial charge on any atom is -0.385 e. The van der Waals surface area contributed by atoms with E-state index in [9.17, 15) is 13.6 Å². The second kappa shape index (κ2) is 5.37. The van der Waals surface area contributed by atoms with Crippen molar-refractivity contribution >= 4 is 5.91 Å². The van der Waals surface area contributed by atoms with Crippen LogP contribution < -0.4 is 11.1 Å². The van der Waals surface area contributed by atoms with Gasteiger partial charge in [0.1, 0.15) is 6.10 Å². The lowest BCUT2D eigenvalue weighted by Gasteiger charge is -2.13. The third-order valence-electron chi connectivity index (χ3n) is 2.45. The second-order valence-corrected chi connectivity index (χ2v) is 3.91. The highest BCUT2D eigenvalue weighted by Crippen LogP contribution is 2.32. The fourth-order valence-electron chi connectivity index (χ4n) is 1.28. The zero-order valence-corrected chi connectivity index (χ0v) is 8.33. The van der Waals surface area contributed by atoms with Crippen LogP contribution in [0.25, 0.3) is 0 Å². The molecule has 0 aromatic heterocycles. The van der Waals surface area contributed by atoms with Crippen LogP contribution in [0.15, 0.2) is 0 Å². The zero-order valence-electron chi connectivity index (χ0n) is 8.33. The van der Waals surface area contributed by atoms with E-state index in [4.69, 9.17) is 10.8 Å². The highest BCUT2D eigenvalue weighted by atomic mass is 19.3. The third-order valence-corrected chi connectivity index (χ3v) is 2.45. The second-order valence-electron chi connectivity index (χ2n) is 3.91. The summed E-state index contributed by atoms with van der Waals surface area (Å²) in [5.74, 6) is 0.0184. The Morgan fingerprint density at radius 1 is 1.53 bits per heavy atom. The molecule has 0 aliphatic heterocycles. The maximum atomic E-state index is 11.9. The predicted octanol–water partition coefficient (Wildman–Crippen LogP) is -0.144. The number of aliphatic hydroxyl groups excluding tert-OH is 1. The van der Waals surface area contributed by atoms with E-state index in [0.29, 0.717) is 5.92 Å². The third kappa shape index (κ3) is 4.53. The van der Waals surface area contributed by atoms with Gasteiger partial charge in [0.25, 0.3) is 6.43 Å². The van der Waals surface area contributed by atoms with Crippen molar-refractivity contribution in [2.45, 2.75) is 37.8 Å². The van der Waals surface area contributed by atoms with E-state index in [1.165, 1.54) is 0 Å². The van der Waals surface area contributed by atoms with Crippen LogP contribution in [-0.4, -0.2) is 36.1 Å². The lowest BCUT2D eigenvalue weighted by molar-refractivity contribution is -0.122. The molecule has 1 fully saturated rings. The van der Waals surface area contributed by atoms with Gasteiger partial charge >= 0.3 is 0 Å². The van der Waals surface area contributed by atoms with Crippen LogP contribution in [0.2, 0.25) is 0 Å². The Morgan fingerprint density at radius 3 is 2.60 bits per heavy atom. The van der Waals surface area contributed by atoms with Crippen molar-refractivity contribution in [3.05, 3.63) is 0 Å². The Bertz CT molecular complexity index is 222. The fraction of sp³-hybridized carbons (Fsp3) is 0.889. The highest BCUT2D eigenvalue weighted by Gasteiger charge is 2.30. The van der Waals surface area contributed by atoms with Crippen LogP contribution in [-0.2, 0) is 4.79 Å². The first kappa shape index (κ1) is 12.3. The smallest absolute Gasteiger partial charge is 0.265 e. The molecule has 0 radical (unpaired) electrons. The number of hydrogen-bond donors (Lipinski definition) is 3. The van der Waals surface area contributed by atoms with Crippen LogP contribution in [0, 0.1) is 5.92 Å². The summed E-state index contributed by atoms with van der Waals surface area (Å²) in [6.07, 6.45) is -2.42. The van der Waals surface area contributed by atoms with Crippen molar-refractivity contribution in [1.29, 1.82) is 0 Å². The average Bonchev–Trinajstić information content (AvgIpc) is 2.96. The molecular formula is C9H16F2N2O2. The number of carbonyl (C=O) groups is 1. The summed E-state index contributed by atoms with van der Waals surface area (Å²) in [5.41, 5.74) is 5.67. The Kier molecular flexibility index (Phi) is 4.41. The molecule has 1 amide bonds. The minimum absolute atomic E-state index is 0.140. The van der Waals surface area contributed by atoms with Crippen molar-refractivity contribution in [2.75, 3.05) is 6.54 Å². The van der Waals surface area contributed by atoms with Gasteiger partial charge in [-0.25, -0.2) is 8.78 Å². The first-order valence-electron chi connectivity index (χ1n) is 4.99. The molecule has 88 valence electrons. The Balaban J connectivity index is 2.12. The molecule has 0 heterocycles. The molecule has 1 aliphatic carbocycles. The van der Waals surface area contributed by atoms with E-state index < -0.39 is 19.1 Å². The lowest BCUT2D eigenvalue weighted by atomic mass is 10.1. The van der Waals surface area contributed by atoms with Crippen LogP contribution in [0.3, 0.4) is 0 Å². The van der Waals surface area contributed by atoms with E-state index in [1.54, 1.807) is 0 Å². The molecule has 4 nitrogen and oxygen atoms in total. The minimum atomic E-state index is -2.83.